The monoisotopic (exact) mass is 361 g/mol. The SMILES string of the molecule is COc1ccccc1NC(=S)NN=Cc1ccc(-c2ccccc2)cc1. The second kappa shape index (κ2) is 8.78. The number of ether oxygens (including phenoxy) is 1. The van der Waals surface area contributed by atoms with Gasteiger partial charge in [0, 0.05) is 0 Å². The zero-order valence-corrected chi connectivity index (χ0v) is 15.2. The van der Waals surface area contributed by atoms with Crippen LogP contribution in [0.3, 0.4) is 0 Å². The van der Waals surface area contributed by atoms with E-state index in [0.29, 0.717) is 5.11 Å². The lowest BCUT2D eigenvalue weighted by Gasteiger charge is -2.10. The Hall–Kier alpha value is -3.18. The molecule has 0 bridgehead atoms. The lowest BCUT2D eigenvalue weighted by molar-refractivity contribution is 0.417. The Balaban J connectivity index is 1.57. The molecule has 3 aromatic carbocycles. The van der Waals surface area contributed by atoms with E-state index in [1.807, 2.05) is 54.6 Å². The van der Waals surface area contributed by atoms with Gasteiger partial charge < -0.3 is 10.1 Å². The van der Waals surface area contributed by atoms with E-state index < -0.39 is 0 Å². The van der Waals surface area contributed by atoms with Gasteiger partial charge in [0.05, 0.1) is 19.0 Å². The second-order valence-corrected chi connectivity index (χ2v) is 5.92. The Morgan fingerprint density at radius 2 is 1.54 bits per heavy atom. The summed E-state index contributed by atoms with van der Waals surface area (Å²) in [5.41, 5.74) is 6.94. The van der Waals surface area contributed by atoms with Crippen LogP contribution in [0.15, 0.2) is 84.0 Å². The van der Waals surface area contributed by atoms with Gasteiger partial charge in [0.2, 0.25) is 0 Å². The first-order valence-electron chi connectivity index (χ1n) is 8.15. The van der Waals surface area contributed by atoms with Gasteiger partial charge in [-0.1, -0.05) is 66.7 Å². The van der Waals surface area contributed by atoms with Gasteiger partial charge in [-0.3, -0.25) is 5.43 Å². The number of nitrogens with one attached hydrogen (secondary N) is 2. The third-order valence-electron chi connectivity index (χ3n) is 3.75. The minimum atomic E-state index is 0.395. The van der Waals surface area contributed by atoms with Crippen LogP contribution < -0.4 is 15.5 Å². The van der Waals surface area contributed by atoms with Crippen molar-refractivity contribution in [2.75, 3.05) is 12.4 Å². The predicted molar refractivity (Wildman–Crippen MR) is 112 cm³/mol. The van der Waals surface area contributed by atoms with Gasteiger partial charge >= 0.3 is 0 Å². The molecular weight excluding hydrogens is 342 g/mol. The zero-order chi connectivity index (χ0) is 18.2. The Kier molecular flexibility index (Phi) is 5.96. The van der Waals surface area contributed by atoms with Gasteiger partial charge in [0.25, 0.3) is 0 Å². The maximum atomic E-state index is 5.28. The van der Waals surface area contributed by atoms with Crippen molar-refractivity contribution >= 4 is 29.2 Å². The van der Waals surface area contributed by atoms with Crippen LogP contribution in [-0.4, -0.2) is 18.4 Å². The number of rotatable bonds is 5. The quantitative estimate of drug-likeness (QED) is 0.393. The van der Waals surface area contributed by atoms with Crippen LogP contribution in [0, 0.1) is 0 Å². The molecule has 0 spiro atoms. The van der Waals surface area contributed by atoms with Crippen LogP contribution in [0.25, 0.3) is 11.1 Å². The van der Waals surface area contributed by atoms with Crippen molar-refractivity contribution in [1.29, 1.82) is 0 Å². The molecule has 0 aliphatic carbocycles. The van der Waals surface area contributed by atoms with Crippen molar-refractivity contribution < 1.29 is 4.74 Å². The average Bonchev–Trinajstić information content (AvgIpc) is 2.69. The fourth-order valence-electron chi connectivity index (χ4n) is 2.46. The van der Waals surface area contributed by atoms with Crippen molar-refractivity contribution in [3.8, 4) is 16.9 Å². The number of hydrogen-bond acceptors (Lipinski definition) is 3. The Morgan fingerprint density at radius 3 is 2.27 bits per heavy atom. The highest BCUT2D eigenvalue weighted by molar-refractivity contribution is 7.80. The fourth-order valence-corrected chi connectivity index (χ4v) is 2.62. The van der Waals surface area contributed by atoms with Crippen molar-refractivity contribution in [3.63, 3.8) is 0 Å². The number of thiocarbonyl (C=S) groups is 1. The standard InChI is InChI=1S/C21H19N3OS/c1-25-20-10-6-5-9-19(20)23-21(26)24-22-15-16-11-13-18(14-12-16)17-7-3-2-4-8-17/h2-15H,1H3,(H2,23,24,26). The van der Waals surface area contributed by atoms with E-state index in [9.17, 15) is 0 Å². The lowest BCUT2D eigenvalue weighted by atomic mass is 10.0. The van der Waals surface area contributed by atoms with Gasteiger partial charge in [-0.15, -0.1) is 0 Å². The number of methoxy groups -OCH3 is 1. The largest absolute Gasteiger partial charge is 0.495 e. The minimum absolute atomic E-state index is 0.395. The highest BCUT2D eigenvalue weighted by Gasteiger charge is 2.02. The third-order valence-corrected chi connectivity index (χ3v) is 3.95. The Morgan fingerprint density at radius 1 is 0.885 bits per heavy atom. The van der Waals surface area contributed by atoms with Gasteiger partial charge in [0.15, 0.2) is 5.11 Å². The summed E-state index contributed by atoms with van der Waals surface area (Å²) in [4.78, 5) is 0. The summed E-state index contributed by atoms with van der Waals surface area (Å²) in [7, 11) is 1.62. The molecule has 0 heterocycles. The second-order valence-electron chi connectivity index (χ2n) is 5.51. The van der Waals surface area contributed by atoms with E-state index in [1.165, 1.54) is 11.1 Å². The van der Waals surface area contributed by atoms with Crippen LogP contribution in [0.5, 0.6) is 5.75 Å². The van der Waals surface area contributed by atoms with Crippen molar-refractivity contribution in [2.24, 2.45) is 5.10 Å². The molecule has 0 saturated heterocycles. The number of hydrazone groups is 1. The number of para-hydroxylation sites is 2. The van der Waals surface area contributed by atoms with Gasteiger partial charge in [-0.05, 0) is 41.0 Å². The molecule has 2 N–H and O–H groups in total. The maximum Gasteiger partial charge on any atom is 0.191 e. The number of hydrogen-bond donors (Lipinski definition) is 2. The highest BCUT2D eigenvalue weighted by atomic mass is 32.1. The van der Waals surface area contributed by atoms with E-state index in [0.717, 1.165) is 17.0 Å². The summed E-state index contributed by atoms with van der Waals surface area (Å²) in [6.07, 6.45) is 1.73. The van der Waals surface area contributed by atoms with Crippen LogP contribution in [-0.2, 0) is 0 Å². The van der Waals surface area contributed by atoms with E-state index in [1.54, 1.807) is 13.3 Å². The van der Waals surface area contributed by atoms with E-state index in [2.05, 4.69) is 40.1 Å². The Bertz CT molecular complexity index is 893. The molecule has 0 amide bonds. The number of benzene rings is 3. The van der Waals surface area contributed by atoms with Crippen molar-refractivity contribution in [3.05, 3.63) is 84.4 Å². The van der Waals surface area contributed by atoms with Gasteiger partial charge in [-0.25, -0.2) is 0 Å². The first kappa shape index (κ1) is 17.6. The molecule has 5 heteroatoms. The van der Waals surface area contributed by atoms with E-state index in [4.69, 9.17) is 17.0 Å². The first-order chi connectivity index (χ1) is 12.8. The smallest absolute Gasteiger partial charge is 0.191 e. The number of anilines is 1. The maximum absolute atomic E-state index is 5.28. The summed E-state index contributed by atoms with van der Waals surface area (Å²) in [5, 5.41) is 7.63. The number of nitrogens with zero attached hydrogens (tertiary/aromatic N) is 1. The minimum Gasteiger partial charge on any atom is -0.495 e. The molecule has 4 nitrogen and oxygen atoms in total. The van der Waals surface area contributed by atoms with E-state index in [-0.39, 0.29) is 0 Å². The molecule has 0 radical (unpaired) electrons. The summed E-state index contributed by atoms with van der Waals surface area (Å²) >= 11 is 5.25. The predicted octanol–water partition coefficient (Wildman–Crippen LogP) is 4.68. The van der Waals surface area contributed by atoms with Crippen LogP contribution in [0.1, 0.15) is 5.56 Å². The van der Waals surface area contributed by atoms with Crippen LogP contribution in [0.4, 0.5) is 5.69 Å². The molecule has 26 heavy (non-hydrogen) atoms. The van der Waals surface area contributed by atoms with Gasteiger partial charge in [0.1, 0.15) is 5.75 Å². The first-order valence-corrected chi connectivity index (χ1v) is 8.55. The van der Waals surface area contributed by atoms with Crippen LogP contribution in [0.2, 0.25) is 0 Å². The molecule has 3 aromatic rings. The summed E-state index contributed by atoms with van der Waals surface area (Å²) in [6, 6.07) is 26.0. The fraction of sp³-hybridized carbons (Fsp3) is 0.0476. The zero-order valence-electron chi connectivity index (χ0n) is 14.3. The summed E-state index contributed by atoms with van der Waals surface area (Å²) in [6.45, 7) is 0. The molecule has 0 aromatic heterocycles. The van der Waals surface area contributed by atoms with Crippen LogP contribution >= 0.6 is 12.2 Å². The summed E-state index contributed by atoms with van der Waals surface area (Å²) < 4.78 is 5.28. The molecule has 130 valence electrons. The molecular formula is C21H19N3OS. The molecule has 0 saturated carbocycles. The topological polar surface area (TPSA) is 45.6 Å². The normalized spacial score (nSPS) is 10.5. The summed E-state index contributed by atoms with van der Waals surface area (Å²) in [5.74, 6) is 0.720. The van der Waals surface area contributed by atoms with E-state index >= 15 is 0 Å². The third kappa shape index (κ3) is 4.68. The molecule has 0 aliphatic rings. The van der Waals surface area contributed by atoms with Crippen molar-refractivity contribution in [2.45, 2.75) is 0 Å². The average molecular weight is 361 g/mol. The molecule has 0 unspecified atom stereocenters. The Labute approximate surface area is 158 Å². The molecule has 0 fully saturated rings. The van der Waals surface area contributed by atoms with Crippen molar-refractivity contribution in [1.82, 2.24) is 5.43 Å². The van der Waals surface area contributed by atoms with Gasteiger partial charge in [-0.2, -0.15) is 5.10 Å². The molecule has 0 aliphatic heterocycles. The molecule has 3 rings (SSSR count). The lowest BCUT2D eigenvalue weighted by Crippen LogP contribution is -2.24. The molecule has 0 atom stereocenters. The highest BCUT2D eigenvalue weighted by Crippen LogP contribution is 2.22.